The lowest BCUT2D eigenvalue weighted by Crippen LogP contribution is -2.40. The van der Waals surface area contributed by atoms with Crippen LogP contribution in [0.1, 0.15) is 44.0 Å². The van der Waals surface area contributed by atoms with Gasteiger partial charge in [0, 0.05) is 25.8 Å². The lowest BCUT2D eigenvalue weighted by molar-refractivity contribution is 0.0516. The third kappa shape index (κ3) is 5.11. The molecule has 2 heterocycles. The van der Waals surface area contributed by atoms with Gasteiger partial charge in [-0.3, -0.25) is 0 Å². The Balaban J connectivity index is 1.84. The number of anilines is 1. The van der Waals surface area contributed by atoms with Crippen LogP contribution >= 0.6 is 0 Å². The summed E-state index contributed by atoms with van der Waals surface area (Å²) in [6.07, 6.45) is 2.94. The number of amides is 1. The van der Waals surface area contributed by atoms with Crippen molar-refractivity contribution in [2.45, 2.75) is 39.2 Å². The summed E-state index contributed by atoms with van der Waals surface area (Å²) in [5.41, 5.74) is -0.275. The summed E-state index contributed by atoms with van der Waals surface area (Å²) < 4.78 is 5.23. The zero-order valence-corrected chi connectivity index (χ0v) is 14.4. The molecule has 0 unspecified atom stereocenters. The number of nitrogens with zero attached hydrogens (tertiary/aromatic N) is 2. The van der Waals surface area contributed by atoms with Crippen molar-refractivity contribution in [2.24, 2.45) is 5.92 Å². The molecule has 1 amide bonds. The standard InChI is InChI=1S/C17H25N3O4/c1-17(2,3)24-16(23)19-11-12-6-9-20(10-7-12)14-13(15(21)22)5-4-8-18-14/h4-5,8,12H,6-7,9-11H2,1-3H3,(H,19,23)(H,21,22). The molecule has 0 bridgehead atoms. The van der Waals surface area contributed by atoms with Gasteiger partial charge in [-0.25, -0.2) is 14.6 Å². The number of carbonyl (C=O) groups is 2. The fraction of sp³-hybridized carbons (Fsp3) is 0.588. The molecule has 24 heavy (non-hydrogen) atoms. The summed E-state index contributed by atoms with van der Waals surface area (Å²) in [6.45, 7) is 7.50. The van der Waals surface area contributed by atoms with E-state index in [0.717, 1.165) is 25.9 Å². The number of piperidine rings is 1. The highest BCUT2D eigenvalue weighted by Crippen LogP contribution is 2.24. The Morgan fingerprint density at radius 2 is 2.04 bits per heavy atom. The SMILES string of the molecule is CC(C)(C)OC(=O)NCC1CCN(c2ncccc2C(=O)O)CC1. The van der Waals surface area contributed by atoms with Gasteiger partial charge in [-0.05, 0) is 51.7 Å². The maximum atomic E-state index is 11.7. The van der Waals surface area contributed by atoms with Gasteiger partial charge in [0.2, 0.25) is 0 Å². The van der Waals surface area contributed by atoms with Gasteiger partial charge in [-0.2, -0.15) is 0 Å². The smallest absolute Gasteiger partial charge is 0.407 e. The largest absolute Gasteiger partial charge is 0.478 e. The van der Waals surface area contributed by atoms with Crippen LogP contribution < -0.4 is 10.2 Å². The number of pyridine rings is 1. The summed E-state index contributed by atoms with van der Waals surface area (Å²) in [5, 5.41) is 12.1. The van der Waals surface area contributed by atoms with Crippen LogP contribution in [-0.4, -0.2) is 47.4 Å². The molecular weight excluding hydrogens is 310 g/mol. The molecule has 1 aromatic heterocycles. The Morgan fingerprint density at radius 1 is 1.38 bits per heavy atom. The van der Waals surface area contributed by atoms with Gasteiger partial charge in [0.15, 0.2) is 0 Å². The Labute approximate surface area is 142 Å². The number of carboxylic acid groups (broad SMARTS) is 1. The van der Waals surface area contributed by atoms with Crippen LogP contribution in [0.4, 0.5) is 10.6 Å². The first-order valence-electron chi connectivity index (χ1n) is 8.16. The van der Waals surface area contributed by atoms with E-state index in [4.69, 9.17) is 4.74 Å². The summed E-state index contributed by atoms with van der Waals surface area (Å²) >= 11 is 0. The van der Waals surface area contributed by atoms with E-state index < -0.39 is 17.7 Å². The van der Waals surface area contributed by atoms with Gasteiger partial charge >= 0.3 is 12.1 Å². The zero-order valence-electron chi connectivity index (χ0n) is 14.4. The number of nitrogens with one attached hydrogen (secondary N) is 1. The molecule has 0 saturated carbocycles. The number of aromatic carboxylic acids is 1. The van der Waals surface area contributed by atoms with Crippen molar-refractivity contribution in [3.8, 4) is 0 Å². The van der Waals surface area contributed by atoms with Crippen molar-refractivity contribution in [1.29, 1.82) is 0 Å². The molecule has 0 spiro atoms. The summed E-state index contributed by atoms with van der Waals surface area (Å²) in [6, 6.07) is 3.20. The Kier molecular flexibility index (Phi) is 5.64. The average Bonchev–Trinajstić information content (AvgIpc) is 2.52. The molecule has 1 aromatic rings. The fourth-order valence-corrected chi connectivity index (χ4v) is 2.71. The number of ether oxygens (including phenoxy) is 1. The second kappa shape index (κ2) is 7.51. The molecule has 2 N–H and O–H groups in total. The van der Waals surface area contributed by atoms with Gasteiger partial charge in [-0.1, -0.05) is 0 Å². The van der Waals surface area contributed by atoms with Gasteiger partial charge in [0.1, 0.15) is 17.0 Å². The van der Waals surface area contributed by atoms with E-state index >= 15 is 0 Å². The van der Waals surface area contributed by atoms with Gasteiger partial charge in [-0.15, -0.1) is 0 Å². The number of alkyl carbamates (subject to hydrolysis) is 1. The minimum Gasteiger partial charge on any atom is -0.478 e. The fourth-order valence-electron chi connectivity index (χ4n) is 2.71. The monoisotopic (exact) mass is 335 g/mol. The molecule has 0 radical (unpaired) electrons. The molecule has 1 aliphatic rings. The van der Waals surface area contributed by atoms with Crippen molar-refractivity contribution < 1.29 is 19.4 Å². The maximum Gasteiger partial charge on any atom is 0.407 e. The highest BCUT2D eigenvalue weighted by Gasteiger charge is 2.24. The van der Waals surface area contributed by atoms with Crippen molar-refractivity contribution in [1.82, 2.24) is 10.3 Å². The van der Waals surface area contributed by atoms with Crippen LogP contribution in [0, 0.1) is 5.92 Å². The normalized spacial score (nSPS) is 15.9. The van der Waals surface area contributed by atoms with Crippen LogP contribution in [0.15, 0.2) is 18.3 Å². The Hall–Kier alpha value is -2.31. The number of hydrogen-bond acceptors (Lipinski definition) is 5. The molecule has 1 aliphatic heterocycles. The molecule has 1 fully saturated rings. The van der Waals surface area contributed by atoms with Gasteiger partial charge in [0.05, 0.1) is 0 Å². The lowest BCUT2D eigenvalue weighted by atomic mass is 9.96. The number of carboxylic acids is 1. The first kappa shape index (κ1) is 18.0. The number of aromatic nitrogens is 1. The summed E-state index contributed by atoms with van der Waals surface area (Å²) in [5.74, 6) is -0.0962. The molecule has 0 aromatic carbocycles. The second-order valence-corrected chi connectivity index (χ2v) is 6.99. The maximum absolute atomic E-state index is 11.7. The molecule has 7 nitrogen and oxygen atoms in total. The van der Waals surface area contributed by atoms with Crippen LogP contribution in [0.2, 0.25) is 0 Å². The third-order valence-corrected chi connectivity index (χ3v) is 3.87. The first-order chi connectivity index (χ1) is 11.3. The van der Waals surface area contributed by atoms with Crippen molar-refractivity contribution in [3.63, 3.8) is 0 Å². The Bertz CT molecular complexity index is 590. The van der Waals surface area contributed by atoms with E-state index in [1.54, 1.807) is 18.3 Å². The van der Waals surface area contributed by atoms with Crippen LogP contribution in [0.25, 0.3) is 0 Å². The number of rotatable bonds is 4. The van der Waals surface area contributed by atoms with E-state index in [9.17, 15) is 14.7 Å². The second-order valence-electron chi connectivity index (χ2n) is 6.99. The van der Waals surface area contributed by atoms with Crippen molar-refractivity contribution in [3.05, 3.63) is 23.9 Å². The molecule has 7 heteroatoms. The molecule has 0 atom stereocenters. The van der Waals surface area contributed by atoms with Crippen LogP contribution in [-0.2, 0) is 4.74 Å². The third-order valence-electron chi connectivity index (χ3n) is 3.87. The summed E-state index contributed by atoms with van der Waals surface area (Å²) in [4.78, 5) is 29.2. The zero-order chi connectivity index (χ0) is 17.7. The topological polar surface area (TPSA) is 91.8 Å². The highest BCUT2D eigenvalue weighted by atomic mass is 16.6. The van der Waals surface area contributed by atoms with E-state index in [-0.39, 0.29) is 5.56 Å². The lowest BCUT2D eigenvalue weighted by Gasteiger charge is -2.33. The van der Waals surface area contributed by atoms with Crippen molar-refractivity contribution in [2.75, 3.05) is 24.5 Å². The van der Waals surface area contributed by atoms with Gasteiger partial charge in [0.25, 0.3) is 0 Å². The molecular formula is C17H25N3O4. The minimum absolute atomic E-state index is 0.225. The summed E-state index contributed by atoms with van der Waals surface area (Å²) in [7, 11) is 0. The minimum atomic E-state index is -0.966. The Morgan fingerprint density at radius 3 is 2.62 bits per heavy atom. The van der Waals surface area contributed by atoms with Crippen molar-refractivity contribution >= 4 is 17.9 Å². The highest BCUT2D eigenvalue weighted by molar-refractivity contribution is 5.93. The van der Waals surface area contributed by atoms with Crippen LogP contribution in [0.3, 0.4) is 0 Å². The quantitative estimate of drug-likeness (QED) is 0.878. The molecule has 0 aliphatic carbocycles. The van der Waals surface area contributed by atoms with E-state index in [2.05, 4.69) is 10.3 Å². The van der Waals surface area contributed by atoms with E-state index in [0.29, 0.717) is 18.3 Å². The number of carbonyl (C=O) groups excluding carboxylic acids is 1. The van der Waals surface area contributed by atoms with E-state index in [1.165, 1.54) is 0 Å². The molecule has 1 saturated heterocycles. The van der Waals surface area contributed by atoms with E-state index in [1.807, 2.05) is 25.7 Å². The predicted octanol–water partition coefficient (Wildman–Crippen LogP) is 2.52. The van der Waals surface area contributed by atoms with Crippen LogP contribution in [0.5, 0.6) is 0 Å². The predicted molar refractivity (Wildman–Crippen MR) is 90.4 cm³/mol. The number of hydrogen-bond donors (Lipinski definition) is 2. The molecule has 2 rings (SSSR count). The average molecular weight is 335 g/mol. The molecule has 132 valence electrons. The first-order valence-corrected chi connectivity index (χ1v) is 8.16. The van der Waals surface area contributed by atoms with Gasteiger partial charge < -0.3 is 20.1 Å².